The van der Waals surface area contributed by atoms with Crippen molar-refractivity contribution in [3.8, 4) is 0 Å². The van der Waals surface area contributed by atoms with Gasteiger partial charge in [-0.05, 0) is 18.6 Å². The molecule has 1 unspecified atom stereocenters. The van der Waals surface area contributed by atoms with Gasteiger partial charge in [-0.3, -0.25) is 4.79 Å². The number of hydrogen-bond acceptors (Lipinski definition) is 3. The third-order valence-electron chi connectivity index (χ3n) is 2.70. The molecular formula is C13H11BrF2N2OS. The lowest BCUT2D eigenvalue weighted by Gasteiger charge is -2.15. The molecule has 2 rings (SSSR count). The molecule has 0 bridgehead atoms. The highest BCUT2D eigenvalue weighted by atomic mass is 79.9. The molecule has 0 aliphatic rings. The van der Waals surface area contributed by atoms with E-state index >= 15 is 0 Å². The van der Waals surface area contributed by atoms with Crippen LogP contribution in [0.1, 0.15) is 34.8 Å². The van der Waals surface area contributed by atoms with E-state index < -0.39 is 23.1 Å². The van der Waals surface area contributed by atoms with Crippen LogP contribution in [0, 0.1) is 11.6 Å². The molecular weight excluding hydrogens is 350 g/mol. The maximum Gasteiger partial charge on any atom is 0.257 e. The average Bonchev–Trinajstić information content (AvgIpc) is 2.88. The van der Waals surface area contributed by atoms with Crippen LogP contribution >= 0.6 is 27.3 Å². The Morgan fingerprint density at radius 1 is 1.45 bits per heavy atom. The van der Waals surface area contributed by atoms with Crippen LogP contribution in [0.2, 0.25) is 0 Å². The predicted octanol–water partition coefficient (Wildman–Crippen LogP) is 4.06. The molecule has 2 aromatic rings. The number of carbonyl (C=O) groups excluding carboxylic acids is 1. The van der Waals surface area contributed by atoms with Crippen LogP contribution in [-0.4, -0.2) is 10.9 Å². The summed E-state index contributed by atoms with van der Waals surface area (Å²) in [7, 11) is 0. The molecule has 0 radical (unpaired) electrons. The fourth-order valence-corrected chi connectivity index (χ4v) is 2.91. The van der Waals surface area contributed by atoms with Crippen molar-refractivity contribution in [3.05, 3.63) is 50.4 Å². The number of nitrogens with zero attached hydrogens (tertiary/aromatic N) is 1. The van der Waals surface area contributed by atoms with Gasteiger partial charge in [0.25, 0.3) is 5.91 Å². The predicted molar refractivity (Wildman–Crippen MR) is 76.7 cm³/mol. The van der Waals surface area contributed by atoms with Gasteiger partial charge in [-0.15, -0.1) is 11.3 Å². The van der Waals surface area contributed by atoms with E-state index in [0.29, 0.717) is 11.4 Å². The molecule has 0 fully saturated rings. The Morgan fingerprint density at radius 3 is 2.60 bits per heavy atom. The molecule has 0 aliphatic heterocycles. The molecule has 20 heavy (non-hydrogen) atoms. The first-order valence-corrected chi connectivity index (χ1v) is 7.55. The number of hydrogen-bond donors (Lipinski definition) is 1. The zero-order valence-electron chi connectivity index (χ0n) is 10.5. The zero-order chi connectivity index (χ0) is 14.7. The van der Waals surface area contributed by atoms with Gasteiger partial charge in [0.2, 0.25) is 0 Å². The van der Waals surface area contributed by atoms with Crippen LogP contribution < -0.4 is 5.32 Å². The molecule has 1 atom stereocenters. The quantitative estimate of drug-likeness (QED) is 0.892. The van der Waals surface area contributed by atoms with Crippen molar-refractivity contribution in [2.75, 3.05) is 0 Å². The minimum absolute atomic E-state index is 0.246. The number of benzene rings is 1. The minimum atomic E-state index is -0.900. The maximum atomic E-state index is 13.7. The molecule has 1 N–H and O–H groups in total. The van der Waals surface area contributed by atoms with Crippen LogP contribution in [0.5, 0.6) is 0 Å². The van der Waals surface area contributed by atoms with E-state index in [4.69, 9.17) is 0 Å². The third kappa shape index (κ3) is 3.21. The fraction of sp³-hybridized carbons (Fsp3) is 0.231. The first-order valence-electron chi connectivity index (χ1n) is 5.87. The van der Waals surface area contributed by atoms with Crippen molar-refractivity contribution >= 4 is 33.2 Å². The number of thiazole rings is 1. The summed E-state index contributed by atoms with van der Waals surface area (Å²) in [6.07, 6.45) is 2.20. The smallest absolute Gasteiger partial charge is 0.257 e. The monoisotopic (exact) mass is 360 g/mol. The Labute approximate surface area is 127 Å². The number of carbonyl (C=O) groups is 1. The van der Waals surface area contributed by atoms with Gasteiger partial charge >= 0.3 is 0 Å². The number of aromatic nitrogens is 1. The molecule has 0 saturated carbocycles. The summed E-state index contributed by atoms with van der Waals surface area (Å²) < 4.78 is 27.7. The van der Waals surface area contributed by atoms with Crippen LogP contribution in [0.25, 0.3) is 0 Å². The number of nitrogens with one attached hydrogen (secondary N) is 1. The SMILES string of the molecule is CCC(NC(=O)c1c(F)cc(Br)cc1F)c1nccs1. The maximum absolute atomic E-state index is 13.7. The third-order valence-corrected chi connectivity index (χ3v) is 4.04. The van der Waals surface area contributed by atoms with Crippen molar-refractivity contribution in [3.63, 3.8) is 0 Å². The van der Waals surface area contributed by atoms with Gasteiger partial charge < -0.3 is 5.32 Å². The first-order chi connectivity index (χ1) is 9.52. The van der Waals surface area contributed by atoms with E-state index in [0.717, 1.165) is 12.1 Å². The summed E-state index contributed by atoms with van der Waals surface area (Å²) in [5.74, 6) is -2.58. The average molecular weight is 361 g/mol. The second-order valence-corrected chi connectivity index (χ2v) is 5.89. The molecule has 3 nitrogen and oxygen atoms in total. The lowest BCUT2D eigenvalue weighted by Crippen LogP contribution is -2.29. The lowest BCUT2D eigenvalue weighted by atomic mass is 10.1. The fourth-order valence-electron chi connectivity index (χ4n) is 1.73. The highest BCUT2D eigenvalue weighted by Gasteiger charge is 2.22. The molecule has 1 aromatic heterocycles. The summed E-state index contributed by atoms with van der Waals surface area (Å²) >= 11 is 4.36. The standard InChI is InChI=1S/C13H11BrF2N2OS/c1-2-10(13-17-3-4-20-13)18-12(19)11-8(15)5-7(14)6-9(11)16/h3-6,10H,2H2,1H3,(H,18,19). The zero-order valence-corrected chi connectivity index (χ0v) is 12.9. The van der Waals surface area contributed by atoms with Crippen LogP contribution in [-0.2, 0) is 0 Å². The Morgan fingerprint density at radius 2 is 2.10 bits per heavy atom. The van der Waals surface area contributed by atoms with Gasteiger partial charge in [-0.1, -0.05) is 22.9 Å². The Bertz CT molecular complexity index is 596. The Hall–Kier alpha value is -1.34. The second-order valence-electron chi connectivity index (χ2n) is 4.05. The summed E-state index contributed by atoms with van der Waals surface area (Å²) in [5, 5.41) is 5.09. The molecule has 0 spiro atoms. The van der Waals surface area contributed by atoms with Crippen molar-refractivity contribution < 1.29 is 13.6 Å². The van der Waals surface area contributed by atoms with E-state index in [1.807, 2.05) is 6.92 Å². The first kappa shape index (κ1) is 15.1. The van der Waals surface area contributed by atoms with E-state index in [1.54, 1.807) is 11.6 Å². The second kappa shape index (κ2) is 6.41. The van der Waals surface area contributed by atoms with Crippen LogP contribution in [0.15, 0.2) is 28.2 Å². The minimum Gasteiger partial charge on any atom is -0.343 e. The molecule has 0 aliphatic carbocycles. The molecule has 1 amide bonds. The molecule has 1 aromatic carbocycles. The topological polar surface area (TPSA) is 42.0 Å². The van der Waals surface area contributed by atoms with E-state index in [1.165, 1.54) is 11.3 Å². The van der Waals surface area contributed by atoms with E-state index in [-0.39, 0.29) is 10.5 Å². The van der Waals surface area contributed by atoms with Gasteiger partial charge in [0.1, 0.15) is 22.2 Å². The summed E-state index contributed by atoms with van der Waals surface area (Å²) in [4.78, 5) is 16.1. The van der Waals surface area contributed by atoms with Crippen molar-refractivity contribution in [2.24, 2.45) is 0 Å². The normalized spacial score (nSPS) is 12.2. The van der Waals surface area contributed by atoms with Gasteiger partial charge in [-0.25, -0.2) is 13.8 Å². The molecule has 0 saturated heterocycles. The molecule has 106 valence electrons. The summed E-state index contributed by atoms with van der Waals surface area (Å²) in [6, 6.07) is 1.76. The van der Waals surface area contributed by atoms with E-state index in [9.17, 15) is 13.6 Å². The molecule has 7 heteroatoms. The summed E-state index contributed by atoms with van der Waals surface area (Å²) in [6.45, 7) is 1.86. The Kier molecular flexibility index (Phi) is 4.82. The van der Waals surface area contributed by atoms with Crippen LogP contribution in [0.3, 0.4) is 0 Å². The number of rotatable bonds is 4. The van der Waals surface area contributed by atoms with Gasteiger partial charge in [0, 0.05) is 16.0 Å². The summed E-state index contributed by atoms with van der Waals surface area (Å²) in [5.41, 5.74) is -0.580. The molecule has 1 heterocycles. The van der Waals surface area contributed by atoms with Crippen molar-refractivity contribution in [2.45, 2.75) is 19.4 Å². The highest BCUT2D eigenvalue weighted by molar-refractivity contribution is 9.10. The number of halogens is 3. The van der Waals surface area contributed by atoms with E-state index in [2.05, 4.69) is 26.2 Å². The van der Waals surface area contributed by atoms with Gasteiger partial charge in [-0.2, -0.15) is 0 Å². The van der Waals surface area contributed by atoms with Gasteiger partial charge in [0.05, 0.1) is 6.04 Å². The van der Waals surface area contributed by atoms with Gasteiger partial charge in [0.15, 0.2) is 0 Å². The van der Waals surface area contributed by atoms with Crippen molar-refractivity contribution in [1.29, 1.82) is 0 Å². The Balaban J connectivity index is 2.24. The number of amides is 1. The lowest BCUT2D eigenvalue weighted by molar-refractivity contribution is 0.0927. The largest absolute Gasteiger partial charge is 0.343 e. The highest BCUT2D eigenvalue weighted by Crippen LogP contribution is 2.22. The van der Waals surface area contributed by atoms with Crippen LogP contribution in [0.4, 0.5) is 8.78 Å². The van der Waals surface area contributed by atoms with Crippen molar-refractivity contribution in [1.82, 2.24) is 10.3 Å².